The molecule has 2 heterocycles. The van der Waals surface area contributed by atoms with Crippen LogP contribution < -0.4 is 4.72 Å². The maximum Gasteiger partial charge on any atom is 0.301 e. The zero-order valence-electron chi connectivity index (χ0n) is 15.9. The summed E-state index contributed by atoms with van der Waals surface area (Å²) < 4.78 is 27.7. The minimum absolute atomic E-state index is 0.250. The van der Waals surface area contributed by atoms with E-state index < -0.39 is 10.2 Å². The van der Waals surface area contributed by atoms with Crippen LogP contribution >= 0.6 is 0 Å². The van der Waals surface area contributed by atoms with Gasteiger partial charge in [0.05, 0.1) is 16.9 Å². The molecule has 0 aliphatic rings. The molecular weight excluding hydrogens is 382 g/mol. The van der Waals surface area contributed by atoms with Crippen molar-refractivity contribution < 1.29 is 18.3 Å². The molecule has 0 bridgehead atoms. The second kappa shape index (κ2) is 8.72. The number of pyridine rings is 1. The summed E-state index contributed by atoms with van der Waals surface area (Å²) in [6, 6.07) is 7.29. The molecule has 28 heavy (non-hydrogen) atoms. The Bertz CT molecular complexity index is 1080. The lowest BCUT2D eigenvalue weighted by Gasteiger charge is -2.14. The highest BCUT2D eigenvalue weighted by atomic mass is 32.2. The van der Waals surface area contributed by atoms with Gasteiger partial charge in [0, 0.05) is 37.4 Å². The molecular formula is C18H21N5O4S. The Balaban J connectivity index is 0.000000878. The fourth-order valence-electron chi connectivity index (χ4n) is 2.38. The van der Waals surface area contributed by atoms with Crippen LogP contribution in [0, 0.1) is 13.8 Å². The summed E-state index contributed by atoms with van der Waals surface area (Å²) in [6.45, 7) is 3.57. The molecule has 1 aromatic carbocycles. The van der Waals surface area contributed by atoms with E-state index in [2.05, 4.69) is 19.7 Å². The summed E-state index contributed by atoms with van der Waals surface area (Å²) in [5.41, 5.74) is 3.77. The summed E-state index contributed by atoms with van der Waals surface area (Å²) >= 11 is 0. The van der Waals surface area contributed by atoms with E-state index in [9.17, 15) is 8.42 Å². The van der Waals surface area contributed by atoms with Crippen molar-refractivity contribution in [3.8, 4) is 11.3 Å². The maximum atomic E-state index is 12.0. The first-order valence-corrected chi connectivity index (χ1v) is 9.60. The Hall–Kier alpha value is -3.11. The van der Waals surface area contributed by atoms with Crippen molar-refractivity contribution in [3.05, 3.63) is 48.0 Å². The first-order valence-electron chi connectivity index (χ1n) is 8.16. The first kappa shape index (κ1) is 21.2. The lowest BCUT2D eigenvalue weighted by atomic mass is 10.1. The molecule has 9 nitrogen and oxygen atoms in total. The number of aromatic nitrogens is 3. The van der Waals surface area contributed by atoms with Crippen LogP contribution in [-0.4, -0.2) is 53.3 Å². The van der Waals surface area contributed by atoms with E-state index in [0.29, 0.717) is 17.0 Å². The molecule has 0 aliphatic heterocycles. The van der Waals surface area contributed by atoms with Crippen molar-refractivity contribution in [2.24, 2.45) is 0 Å². The van der Waals surface area contributed by atoms with Crippen molar-refractivity contribution in [1.29, 1.82) is 0 Å². The number of carboxylic acid groups (broad SMARTS) is 1. The van der Waals surface area contributed by atoms with Gasteiger partial charge in [-0.2, -0.15) is 12.7 Å². The number of nitrogens with one attached hydrogen (secondary N) is 1. The molecule has 0 aliphatic carbocycles. The van der Waals surface area contributed by atoms with Gasteiger partial charge < -0.3 is 5.11 Å². The van der Waals surface area contributed by atoms with Gasteiger partial charge in [0.2, 0.25) is 0 Å². The van der Waals surface area contributed by atoms with E-state index in [1.807, 2.05) is 26.0 Å². The highest BCUT2D eigenvalue weighted by Crippen LogP contribution is 2.26. The molecule has 148 valence electrons. The van der Waals surface area contributed by atoms with Crippen molar-refractivity contribution in [2.75, 3.05) is 18.8 Å². The largest absolute Gasteiger partial charge is 0.483 e. The molecule has 0 spiro atoms. The molecule has 0 radical (unpaired) electrons. The van der Waals surface area contributed by atoms with E-state index in [-0.39, 0.29) is 6.47 Å². The zero-order valence-corrected chi connectivity index (χ0v) is 16.7. The van der Waals surface area contributed by atoms with E-state index in [1.54, 1.807) is 24.5 Å². The lowest BCUT2D eigenvalue weighted by molar-refractivity contribution is -0.122. The standard InChI is InChI=1S/C17H19N5O2S.CH2O2/c1-11-7-16(13-9-18-12(2)19-10-13)20-17-8-14(5-6-15(11)17)21-25(23,24)22(3)4;2-1-3/h5-10,21H,1-4H3;1H,(H,2,3). The lowest BCUT2D eigenvalue weighted by Crippen LogP contribution is -2.28. The summed E-state index contributed by atoms with van der Waals surface area (Å²) in [6.07, 6.45) is 3.46. The summed E-state index contributed by atoms with van der Waals surface area (Å²) in [5.74, 6) is 0.696. The second-order valence-electron chi connectivity index (χ2n) is 6.07. The van der Waals surface area contributed by atoms with Gasteiger partial charge in [-0.05, 0) is 37.6 Å². The molecule has 2 N–H and O–H groups in total. The number of benzene rings is 1. The van der Waals surface area contributed by atoms with E-state index in [4.69, 9.17) is 9.90 Å². The third kappa shape index (κ3) is 4.99. The van der Waals surface area contributed by atoms with Crippen LogP contribution in [0.25, 0.3) is 22.2 Å². The average Bonchev–Trinajstić information content (AvgIpc) is 2.62. The van der Waals surface area contributed by atoms with E-state index in [1.165, 1.54) is 14.1 Å². The van der Waals surface area contributed by atoms with Gasteiger partial charge in [-0.25, -0.2) is 15.0 Å². The average molecular weight is 403 g/mol. The molecule has 0 unspecified atom stereocenters. The third-order valence-electron chi connectivity index (χ3n) is 3.82. The van der Waals surface area contributed by atoms with Crippen LogP contribution in [0.5, 0.6) is 0 Å². The number of aryl methyl sites for hydroxylation is 2. The maximum absolute atomic E-state index is 12.0. The predicted octanol–water partition coefficient (Wildman–Crippen LogP) is 2.23. The van der Waals surface area contributed by atoms with Crippen molar-refractivity contribution in [1.82, 2.24) is 19.3 Å². The molecule has 0 amide bonds. The quantitative estimate of drug-likeness (QED) is 0.640. The predicted molar refractivity (Wildman–Crippen MR) is 107 cm³/mol. The monoisotopic (exact) mass is 403 g/mol. The Kier molecular flexibility index (Phi) is 6.60. The van der Waals surface area contributed by atoms with Crippen molar-refractivity contribution in [2.45, 2.75) is 13.8 Å². The molecule has 2 aromatic heterocycles. The first-order chi connectivity index (χ1) is 13.2. The number of nitrogens with zero attached hydrogens (tertiary/aromatic N) is 4. The highest BCUT2D eigenvalue weighted by Gasteiger charge is 2.14. The Morgan fingerprint density at radius 1 is 1.11 bits per heavy atom. The van der Waals surface area contributed by atoms with Gasteiger partial charge in [0.25, 0.3) is 6.47 Å². The van der Waals surface area contributed by atoms with Crippen LogP contribution in [-0.2, 0) is 15.0 Å². The summed E-state index contributed by atoms with van der Waals surface area (Å²) in [5, 5.41) is 7.85. The highest BCUT2D eigenvalue weighted by molar-refractivity contribution is 7.90. The van der Waals surface area contributed by atoms with Crippen LogP contribution in [0.1, 0.15) is 11.4 Å². The molecule has 0 atom stereocenters. The molecule has 3 aromatic rings. The molecule has 0 saturated heterocycles. The Labute approximate surface area is 163 Å². The Morgan fingerprint density at radius 2 is 1.71 bits per heavy atom. The van der Waals surface area contributed by atoms with Crippen LogP contribution in [0.3, 0.4) is 0 Å². The Morgan fingerprint density at radius 3 is 2.29 bits per heavy atom. The van der Waals surface area contributed by atoms with Crippen LogP contribution in [0.2, 0.25) is 0 Å². The number of fused-ring (bicyclic) bond motifs is 1. The van der Waals surface area contributed by atoms with Gasteiger partial charge in [-0.15, -0.1) is 0 Å². The number of carbonyl (C=O) groups is 1. The topological polar surface area (TPSA) is 125 Å². The molecule has 0 fully saturated rings. The molecule has 0 saturated carbocycles. The molecule has 3 rings (SSSR count). The minimum atomic E-state index is -3.56. The van der Waals surface area contributed by atoms with Gasteiger partial charge in [-0.3, -0.25) is 9.52 Å². The van der Waals surface area contributed by atoms with Gasteiger partial charge in [-0.1, -0.05) is 6.07 Å². The number of hydrogen-bond acceptors (Lipinski definition) is 6. The fourth-order valence-corrected chi connectivity index (χ4v) is 2.99. The number of anilines is 1. The van der Waals surface area contributed by atoms with Gasteiger partial charge in [0.15, 0.2) is 0 Å². The van der Waals surface area contributed by atoms with Crippen molar-refractivity contribution >= 4 is 33.3 Å². The van der Waals surface area contributed by atoms with Crippen molar-refractivity contribution in [3.63, 3.8) is 0 Å². The van der Waals surface area contributed by atoms with Gasteiger partial charge in [0.1, 0.15) is 5.82 Å². The number of rotatable bonds is 4. The molecule has 10 heteroatoms. The normalized spacial score (nSPS) is 11.0. The summed E-state index contributed by atoms with van der Waals surface area (Å²) in [7, 11) is -0.615. The second-order valence-corrected chi connectivity index (χ2v) is 7.95. The number of hydrogen-bond donors (Lipinski definition) is 2. The fraction of sp³-hybridized carbons (Fsp3) is 0.222. The summed E-state index contributed by atoms with van der Waals surface area (Å²) in [4.78, 5) is 21.4. The van der Waals surface area contributed by atoms with E-state index in [0.717, 1.165) is 26.5 Å². The minimum Gasteiger partial charge on any atom is -0.483 e. The SMILES string of the molecule is Cc1ncc(-c2cc(C)c3ccc(NS(=O)(=O)N(C)C)cc3n2)cn1.O=CO. The van der Waals surface area contributed by atoms with Gasteiger partial charge >= 0.3 is 10.2 Å². The van der Waals surface area contributed by atoms with Crippen LogP contribution in [0.15, 0.2) is 36.7 Å². The van der Waals surface area contributed by atoms with E-state index >= 15 is 0 Å². The zero-order chi connectivity index (χ0) is 20.9. The third-order valence-corrected chi connectivity index (χ3v) is 5.28. The van der Waals surface area contributed by atoms with Crippen LogP contribution in [0.4, 0.5) is 5.69 Å². The smallest absolute Gasteiger partial charge is 0.301 e.